The van der Waals surface area contributed by atoms with Gasteiger partial charge in [-0.25, -0.2) is 0 Å². The quantitative estimate of drug-likeness (QED) is 0.891. The molecule has 2 atom stereocenters. The van der Waals surface area contributed by atoms with Gasteiger partial charge in [-0.1, -0.05) is 0 Å². The Bertz CT molecular complexity index is 476. The first-order valence-corrected chi connectivity index (χ1v) is 7.42. The Balaban J connectivity index is 1.81. The van der Waals surface area contributed by atoms with Gasteiger partial charge < -0.3 is 10.5 Å². The molecule has 2 unspecified atom stereocenters. The molecule has 2 heterocycles. The second kappa shape index (κ2) is 4.60. The molecule has 1 aliphatic heterocycles. The summed E-state index contributed by atoms with van der Waals surface area (Å²) in [5.74, 6) is 0.538. The van der Waals surface area contributed by atoms with Gasteiger partial charge in [0.05, 0.1) is 11.3 Å². The van der Waals surface area contributed by atoms with E-state index >= 15 is 0 Å². The first kappa shape index (κ1) is 13.1. The van der Waals surface area contributed by atoms with Gasteiger partial charge >= 0.3 is 0 Å². The molecule has 1 saturated heterocycles. The SMILES string of the molecule is Cc1nn(C)c(C)c1C(N)C1CCOC2(CCC2)C1. The van der Waals surface area contributed by atoms with Crippen LogP contribution >= 0.6 is 0 Å². The van der Waals surface area contributed by atoms with Crippen LogP contribution in [0.15, 0.2) is 0 Å². The second-order valence-electron chi connectivity index (χ2n) is 6.37. The Morgan fingerprint density at radius 2 is 2.16 bits per heavy atom. The van der Waals surface area contributed by atoms with Crippen molar-refractivity contribution >= 4 is 0 Å². The Labute approximate surface area is 115 Å². The third kappa shape index (κ3) is 2.11. The smallest absolute Gasteiger partial charge is 0.0686 e. The van der Waals surface area contributed by atoms with E-state index < -0.39 is 0 Å². The first-order chi connectivity index (χ1) is 9.02. The predicted molar refractivity (Wildman–Crippen MR) is 74.9 cm³/mol. The zero-order valence-electron chi connectivity index (χ0n) is 12.3. The molecule has 0 bridgehead atoms. The van der Waals surface area contributed by atoms with Gasteiger partial charge in [0, 0.05) is 31.0 Å². The summed E-state index contributed by atoms with van der Waals surface area (Å²) in [6, 6.07) is 0.107. The van der Waals surface area contributed by atoms with Crippen molar-refractivity contribution in [2.24, 2.45) is 18.7 Å². The topological polar surface area (TPSA) is 53.1 Å². The molecule has 2 N–H and O–H groups in total. The van der Waals surface area contributed by atoms with Crippen LogP contribution < -0.4 is 5.73 Å². The Morgan fingerprint density at radius 1 is 1.42 bits per heavy atom. The number of nitrogens with zero attached hydrogens (tertiary/aromatic N) is 2. The molecule has 1 aliphatic carbocycles. The highest BCUT2D eigenvalue weighted by Gasteiger charge is 2.44. The lowest BCUT2D eigenvalue weighted by atomic mass is 9.69. The summed E-state index contributed by atoms with van der Waals surface area (Å²) in [4.78, 5) is 0. The third-order valence-corrected chi connectivity index (χ3v) is 5.20. The zero-order chi connectivity index (χ0) is 13.6. The van der Waals surface area contributed by atoms with Crippen LogP contribution in [-0.2, 0) is 11.8 Å². The van der Waals surface area contributed by atoms with Gasteiger partial charge in [-0.15, -0.1) is 0 Å². The number of ether oxygens (including phenoxy) is 1. The summed E-state index contributed by atoms with van der Waals surface area (Å²) in [7, 11) is 2.00. The fraction of sp³-hybridized carbons (Fsp3) is 0.800. The van der Waals surface area contributed by atoms with E-state index in [0.717, 1.165) is 25.1 Å². The summed E-state index contributed by atoms with van der Waals surface area (Å²) in [5.41, 5.74) is 10.3. The van der Waals surface area contributed by atoms with Crippen molar-refractivity contribution in [2.75, 3.05) is 6.61 Å². The molecule has 4 nitrogen and oxygen atoms in total. The van der Waals surface area contributed by atoms with Gasteiger partial charge in [-0.3, -0.25) is 4.68 Å². The normalized spacial score (nSPS) is 27.3. The van der Waals surface area contributed by atoms with Crippen molar-refractivity contribution in [2.45, 2.75) is 57.6 Å². The van der Waals surface area contributed by atoms with Crippen LogP contribution in [0.1, 0.15) is 55.1 Å². The molecule has 2 fully saturated rings. The van der Waals surface area contributed by atoms with Gasteiger partial charge in [0.25, 0.3) is 0 Å². The highest BCUT2D eigenvalue weighted by atomic mass is 16.5. The first-order valence-electron chi connectivity index (χ1n) is 7.42. The molecule has 1 aromatic rings. The van der Waals surface area contributed by atoms with Crippen LogP contribution in [0.4, 0.5) is 0 Å². The molecule has 106 valence electrons. The minimum absolute atomic E-state index is 0.107. The van der Waals surface area contributed by atoms with E-state index in [1.54, 1.807) is 0 Å². The van der Waals surface area contributed by atoms with Crippen LogP contribution in [0.25, 0.3) is 0 Å². The van der Waals surface area contributed by atoms with Crippen LogP contribution in [0.2, 0.25) is 0 Å². The van der Waals surface area contributed by atoms with E-state index in [-0.39, 0.29) is 11.6 Å². The average molecular weight is 263 g/mol. The zero-order valence-corrected chi connectivity index (χ0v) is 12.3. The lowest BCUT2D eigenvalue weighted by Gasteiger charge is -2.48. The fourth-order valence-electron chi connectivity index (χ4n) is 3.80. The van der Waals surface area contributed by atoms with Crippen molar-refractivity contribution in [3.63, 3.8) is 0 Å². The van der Waals surface area contributed by atoms with Crippen molar-refractivity contribution in [1.29, 1.82) is 0 Å². The summed E-state index contributed by atoms with van der Waals surface area (Å²) >= 11 is 0. The minimum Gasteiger partial charge on any atom is -0.375 e. The number of nitrogens with two attached hydrogens (primary N) is 1. The van der Waals surface area contributed by atoms with Crippen molar-refractivity contribution in [3.8, 4) is 0 Å². The monoisotopic (exact) mass is 263 g/mol. The van der Waals surface area contributed by atoms with E-state index in [2.05, 4.69) is 18.9 Å². The van der Waals surface area contributed by atoms with Crippen LogP contribution in [0, 0.1) is 19.8 Å². The highest BCUT2D eigenvalue weighted by Crippen LogP contribution is 2.47. The van der Waals surface area contributed by atoms with E-state index in [0.29, 0.717) is 5.92 Å². The molecule has 2 aliphatic rings. The van der Waals surface area contributed by atoms with Gasteiger partial charge in [0.2, 0.25) is 0 Å². The Kier molecular flexibility index (Phi) is 3.18. The third-order valence-electron chi connectivity index (χ3n) is 5.20. The van der Waals surface area contributed by atoms with Gasteiger partial charge in [-0.2, -0.15) is 5.10 Å². The Hall–Kier alpha value is -0.870. The number of rotatable bonds is 2. The lowest BCUT2D eigenvalue weighted by Crippen LogP contribution is -2.47. The maximum atomic E-state index is 6.58. The Morgan fingerprint density at radius 3 is 2.68 bits per heavy atom. The molecule has 0 radical (unpaired) electrons. The largest absolute Gasteiger partial charge is 0.375 e. The summed E-state index contributed by atoms with van der Waals surface area (Å²) in [5, 5.41) is 4.50. The van der Waals surface area contributed by atoms with Gasteiger partial charge in [0.15, 0.2) is 0 Å². The van der Waals surface area contributed by atoms with E-state index in [1.807, 2.05) is 11.7 Å². The average Bonchev–Trinajstić information content (AvgIpc) is 2.61. The maximum absolute atomic E-state index is 6.58. The minimum atomic E-state index is 0.107. The number of aryl methyl sites for hydroxylation is 2. The van der Waals surface area contributed by atoms with E-state index in [9.17, 15) is 0 Å². The van der Waals surface area contributed by atoms with Crippen molar-refractivity contribution in [3.05, 3.63) is 17.0 Å². The predicted octanol–water partition coefficient (Wildman–Crippen LogP) is 2.39. The molecular formula is C15H25N3O. The molecule has 4 heteroatoms. The molecular weight excluding hydrogens is 238 g/mol. The van der Waals surface area contributed by atoms with Crippen LogP contribution in [0.3, 0.4) is 0 Å². The fourth-order valence-corrected chi connectivity index (χ4v) is 3.80. The number of hydrogen-bond acceptors (Lipinski definition) is 3. The molecule has 19 heavy (non-hydrogen) atoms. The van der Waals surface area contributed by atoms with E-state index in [4.69, 9.17) is 10.5 Å². The second-order valence-corrected chi connectivity index (χ2v) is 6.37. The van der Waals surface area contributed by atoms with Crippen molar-refractivity contribution in [1.82, 2.24) is 9.78 Å². The van der Waals surface area contributed by atoms with Crippen LogP contribution in [-0.4, -0.2) is 22.0 Å². The molecule has 1 aromatic heterocycles. The maximum Gasteiger partial charge on any atom is 0.0686 e. The van der Waals surface area contributed by atoms with Crippen LogP contribution in [0.5, 0.6) is 0 Å². The standard InChI is InChI=1S/C15H25N3O/c1-10-13(11(2)18(3)17-10)14(16)12-5-8-19-15(9-12)6-4-7-15/h12,14H,4-9,16H2,1-3H3. The number of hydrogen-bond donors (Lipinski definition) is 1. The lowest BCUT2D eigenvalue weighted by molar-refractivity contribution is -0.146. The molecule has 0 amide bonds. The van der Waals surface area contributed by atoms with E-state index in [1.165, 1.54) is 30.5 Å². The van der Waals surface area contributed by atoms with Gasteiger partial charge in [0.1, 0.15) is 0 Å². The van der Waals surface area contributed by atoms with Crippen molar-refractivity contribution < 1.29 is 4.74 Å². The van der Waals surface area contributed by atoms with Gasteiger partial charge in [-0.05, 0) is 51.9 Å². The number of aromatic nitrogens is 2. The molecule has 3 rings (SSSR count). The molecule has 1 saturated carbocycles. The summed E-state index contributed by atoms with van der Waals surface area (Å²) in [6.45, 7) is 5.06. The molecule has 0 aromatic carbocycles. The summed E-state index contributed by atoms with van der Waals surface area (Å²) < 4.78 is 7.95. The highest BCUT2D eigenvalue weighted by molar-refractivity contribution is 5.28. The molecule has 1 spiro atoms. The summed E-state index contributed by atoms with van der Waals surface area (Å²) in [6.07, 6.45) is 5.97.